The molecule has 1 fully saturated rings. The number of rotatable bonds is 3. The van der Waals surface area contributed by atoms with Crippen LogP contribution in [-0.4, -0.2) is 11.1 Å². The van der Waals surface area contributed by atoms with Crippen molar-refractivity contribution in [3.8, 4) is 11.3 Å². The average Bonchev–Trinajstić information content (AvgIpc) is 3.24. The number of carbonyl (C=O) groups excluding carboxylic acids is 1. The highest BCUT2D eigenvalue weighted by molar-refractivity contribution is 9.10. The SMILES string of the molecule is Cc1ccc(N=C2NC(=O)/C(=C/c3ccc(-c4ccc(C)cc4Br)o3)S2)cc1. The number of benzene rings is 2. The van der Waals surface area contributed by atoms with Gasteiger partial charge in [0.15, 0.2) is 5.17 Å². The number of hydrogen-bond donors (Lipinski definition) is 1. The molecule has 0 spiro atoms. The Morgan fingerprint density at radius 1 is 1.04 bits per heavy atom. The van der Waals surface area contributed by atoms with Gasteiger partial charge < -0.3 is 9.73 Å². The van der Waals surface area contributed by atoms with Crippen LogP contribution in [-0.2, 0) is 4.79 Å². The summed E-state index contributed by atoms with van der Waals surface area (Å²) in [6, 6.07) is 17.7. The Balaban J connectivity index is 1.55. The molecule has 1 aliphatic rings. The standard InChI is InChI=1S/C22H17BrN2O2S/c1-13-3-6-15(7-4-13)24-22-25-21(26)20(28-22)12-16-8-10-19(27-16)17-9-5-14(2)11-18(17)23/h3-12H,1-2H3,(H,24,25,26)/b20-12-. The number of aliphatic imine (C=N–C) groups is 1. The fraction of sp³-hybridized carbons (Fsp3) is 0.0909. The van der Waals surface area contributed by atoms with Crippen molar-refractivity contribution in [2.75, 3.05) is 0 Å². The van der Waals surface area contributed by atoms with Crippen molar-refractivity contribution in [1.29, 1.82) is 0 Å². The summed E-state index contributed by atoms with van der Waals surface area (Å²) in [7, 11) is 0. The van der Waals surface area contributed by atoms with Crippen LogP contribution >= 0.6 is 27.7 Å². The topological polar surface area (TPSA) is 54.6 Å². The lowest BCUT2D eigenvalue weighted by atomic mass is 10.1. The number of aryl methyl sites for hydroxylation is 2. The molecule has 140 valence electrons. The molecule has 0 atom stereocenters. The van der Waals surface area contributed by atoms with Gasteiger partial charge in [-0.25, -0.2) is 4.99 Å². The van der Waals surface area contributed by atoms with Crippen LogP contribution in [0.3, 0.4) is 0 Å². The van der Waals surface area contributed by atoms with Gasteiger partial charge in [0.05, 0.1) is 10.6 Å². The summed E-state index contributed by atoms with van der Waals surface area (Å²) in [4.78, 5) is 17.3. The zero-order valence-corrected chi connectivity index (χ0v) is 17.7. The van der Waals surface area contributed by atoms with Crippen LogP contribution in [0.25, 0.3) is 17.4 Å². The van der Waals surface area contributed by atoms with Crippen LogP contribution in [0.4, 0.5) is 5.69 Å². The average molecular weight is 453 g/mol. The third-order valence-electron chi connectivity index (χ3n) is 4.21. The molecule has 1 amide bonds. The van der Waals surface area contributed by atoms with Gasteiger partial charge in [0.25, 0.3) is 5.91 Å². The Morgan fingerprint density at radius 2 is 1.79 bits per heavy atom. The highest BCUT2D eigenvalue weighted by Crippen LogP contribution is 2.33. The number of hydrogen-bond acceptors (Lipinski definition) is 4. The smallest absolute Gasteiger partial charge is 0.264 e. The van der Waals surface area contributed by atoms with Gasteiger partial charge in [-0.05, 0) is 67.6 Å². The fourth-order valence-corrected chi connectivity index (χ4v) is 4.25. The van der Waals surface area contributed by atoms with Crippen LogP contribution in [0.5, 0.6) is 0 Å². The van der Waals surface area contributed by atoms with E-state index in [2.05, 4.69) is 26.2 Å². The van der Waals surface area contributed by atoms with E-state index in [1.54, 1.807) is 6.08 Å². The van der Waals surface area contributed by atoms with E-state index < -0.39 is 0 Å². The molecule has 0 saturated carbocycles. The van der Waals surface area contributed by atoms with Crippen molar-refractivity contribution >= 4 is 50.5 Å². The van der Waals surface area contributed by atoms with Crippen LogP contribution in [0.15, 0.2) is 73.4 Å². The Labute approximate surface area is 175 Å². The predicted octanol–water partition coefficient (Wildman–Crippen LogP) is 6.22. The molecule has 0 bridgehead atoms. The van der Waals surface area contributed by atoms with Gasteiger partial charge in [0, 0.05) is 16.1 Å². The summed E-state index contributed by atoms with van der Waals surface area (Å²) in [6.45, 7) is 4.06. The van der Waals surface area contributed by atoms with E-state index >= 15 is 0 Å². The maximum atomic E-state index is 12.3. The van der Waals surface area contributed by atoms with Crippen molar-refractivity contribution in [2.45, 2.75) is 13.8 Å². The lowest BCUT2D eigenvalue weighted by molar-refractivity contribution is -0.115. The number of nitrogens with zero attached hydrogens (tertiary/aromatic N) is 1. The Morgan fingerprint density at radius 3 is 2.54 bits per heavy atom. The van der Waals surface area contributed by atoms with Crippen molar-refractivity contribution in [2.24, 2.45) is 4.99 Å². The molecular formula is C22H17BrN2O2S. The number of halogens is 1. The Bertz CT molecular complexity index is 1110. The largest absolute Gasteiger partial charge is 0.457 e. The van der Waals surface area contributed by atoms with Crippen molar-refractivity contribution < 1.29 is 9.21 Å². The minimum Gasteiger partial charge on any atom is -0.457 e. The summed E-state index contributed by atoms with van der Waals surface area (Å²) in [5.74, 6) is 1.19. The monoisotopic (exact) mass is 452 g/mol. The van der Waals surface area contributed by atoms with E-state index in [1.807, 2.05) is 68.4 Å². The summed E-state index contributed by atoms with van der Waals surface area (Å²) in [5.41, 5.74) is 4.12. The van der Waals surface area contributed by atoms with Gasteiger partial charge in [-0.3, -0.25) is 4.79 Å². The predicted molar refractivity (Wildman–Crippen MR) is 119 cm³/mol. The van der Waals surface area contributed by atoms with Gasteiger partial charge in [0.1, 0.15) is 11.5 Å². The molecule has 0 aliphatic carbocycles. The van der Waals surface area contributed by atoms with Crippen molar-refractivity contribution in [3.05, 3.63) is 80.9 Å². The summed E-state index contributed by atoms with van der Waals surface area (Å²) >= 11 is 4.88. The molecule has 28 heavy (non-hydrogen) atoms. The van der Waals surface area contributed by atoms with Crippen LogP contribution in [0, 0.1) is 13.8 Å². The first-order valence-electron chi connectivity index (χ1n) is 8.70. The molecular weight excluding hydrogens is 436 g/mol. The first-order valence-corrected chi connectivity index (χ1v) is 10.3. The van der Waals surface area contributed by atoms with Crippen LogP contribution in [0.2, 0.25) is 0 Å². The Hall–Kier alpha value is -2.57. The molecule has 1 N–H and O–H groups in total. The zero-order valence-electron chi connectivity index (χ0n) is 15.3. The van der Waals surface area contributed by atoms with Crippen molar-refractivity contribution in [1.82, 2.24) is 5.32 Å². The number of carbonyl (C=O) groups is 1. The second-order valence-electron chi connectivity index (χ2n) is 6.50. The molecule has 0 unspecified atom stereocenters. The molecule has 4 nitrogen and oxygen atoms in total. The first kappa shape index (κ1) is 18.8. The molecule has 1 saturated heterocycles. The first-order chi connectivity index (χ1) is 13.5. The van der Waals surface area contributed by atoms with E-state index in [1.165, 1.54) is 22.9 Å². The zero-order chi connectivity index (χ0) is 19.7. The number of amides is 1. The van der Waals surface area contributed by atoms with E-state index in [0.29, 0.717) is 15.8 Å². The van der Waals surface area contributed by atoms with E-state index in [0.717, 1.165) is 21.5 Å². The van der Waals surface area contributed by atoms with E-state index in [4.69, 9.17) is 4.42 Å². The maximum Gasteiger partial charge on any atom is 0.264 e. The molecule has 6 heteroatoms. The third-order valence-corrected chi connectivity index (χ3v) is 5.77. The van der Waals surface area contributed by atoms with Gasteiger partial charge in [-0.15, -0.1) is 0 Å². The molecule has 2 heterocycles. The molecule has 1 aromatic heterocycles. The normalized spacial score (nSPS) is 16.8. The molecule has 2 aromatic carbocycles. The number of amidine groups is 1. The van der Waals surface area contributed by atoms with Crippen LogP contribution in [0.1, 0.15) is 16.9 Å². The summed E-state index contributed by atoms with van der Waals surface area (Å²) in [5, 5.41) is 3.36. The lowest BCUT2D eigenvalue weighted by Crippen LogP contribution is -2.19. The number of nitrogens with one attached hydrogen (secondary N) is 1. The molecule has 4 rings (SSSR count). The third kappa shape index (κ3) is 4.13. The highest BCUT2D eigenvalue weighted by atomic mass is 79.9. The van der Waals surface area contributed by atoms with Gasteiger partial charge >= 0.3 is 0 Å². The number of thioether (sulfide) groups is 1. The van der Waals surface area contributed by atoms with E-state index in [-0.39, 0.29) is 5.91 Å². The van der Waals surface area contributed by atoms with Gasteiger partial charge in [-0.1, -0.05) is 39.7 Å². The summed E-state index contributed by atoms with van der Waals surface area (Å²) < 4.78 is 6.90. The second kappa shape index (κ2) is 7.81. The lowest BCUT2D eigenvalue weighted by Gasteiger charge is -2.02. The number of furan rings is 1. The van der Waals surface area contributed by atoms with Crippen LogP contribution < -0.4 is 5.32 Å². The Kier molecular flexibility index (Phi) is 5.24. The second-order valence-corrected chi connectivity index (χ2v) is 8.39. The summed E-state index contributed by atoms with van der Waals surface area (Å²) in [6.07, 6.45) is 1.74. The fourth-order valence-electron chi connectivity index (χ4n) is 2.74. The van der Waals surface area contributed by atoms with E-state index in [9.17, 15) is 4.79 Å². The molecule has 3 aromatic rings. The van der Waals surface area contributed by atoms with Crippen molar-refractivity contribution in [3.63, 3.8) is 0 Å². The minimum atomic E-state index is -0.176. The minimum absolute atomic E-state index is 0.176. The molecule has 1 aliphatic heterocycles. The maximum absolute atomic E-state index is 12.3. The highest BCUT2D eigenvalue weighted by Gasteiger charge is 2.24. The van der Waals surface area contributed by atoms with Gasteiger partial charge in [-0.2, -0.15) is 0 Å². The van der Waals surface area contributed by atoms with Gasteiger partial charge in [0.2, 0.25) is 0 Å². The quantitative estimate of drug-likeness (QED) is 0.480. The molecule has 0 radical (unpaired) electrons.